The van der Waals surface area contributed by atoms with Crippen LogP contribution < -0.4 is 11.0 Å². The zero-order valence-electron chi connectivity index (χ0n) is 26.8. The molecule has 7 aromatic rings. The molecule has 48 heavy (non-hydrogen) atoms. The first-order chi connectivity index (χ1) is 23.5. The molecule has 1 unspecified atom stereocenters. The summed E-state index contributed by atoms with van der Waals surface area (Å²) in [7, 11) is 3.63. The lowest BCUT2D eigenvalue weighted by Gasteiger charge is -2.25. The molecule has 0 saturated heterocycles. The van der Waals surface area contributed by atoms with Crippen molar-refractivity contribution in [3.8, 4) is 33.4 Å². The van der Waals surface area contributed by atoms with Crippen LogP contribution >= 0.6 is 0 Å². The maximum absolute atomic E-state index is 12.6. The van der Waals surface area contributed by atoms with Crippen molar-refractivity contribution in [1.29, 1.82) is 0 Å². The zero-order valence-corrected chi connectivity index (χ0v) is 26.8. The van der Waals surface area contributed by atoms with Crippen molar-refractivity contribution < 1.29 is 0 Å². The number of aromatic nitrogens is 2. The number of hydrogen-bond donors (Lipinski definition) is 1. The van der Waals surface area contributed by atoms with Gasteiger partial charge in [-0.3, -0.25) is 14.1 Å². The molecule has 0 bridgehead atoms. The molecule has 0 spiro atoms. The van der Waals surface area contributed by atoms with E-state index in [1.165, 1.54) is 16.7 Å². The Morgan fingerprint density at radius 1 is 0.521 bits per heavy atom. The molecule has 0 radical (unpaired) electrons. The predicted molar refractivity (Wildman–Crippen MR) is 198 cm³/mol. The average Bonchev–Trinajstić information content (AvgIpc) is 3.38. The van der Waals surface area contributed by atoms with Gasteiger partial charge in [0.05, 0.1) is 16.7 Å². The summed E-state index contributed by atoms with van der Waals surface area (Å²) in [5.41, 5.74) is 13.7. The van der Waals surface area contributed by atoms with Crippen molar-refractivity contribution in [3.63, 3.8) is 0 Å². The fourth-order valence-corrected chi connectivity index (χ4v) is 6.63. The van der Waals surface area contributed by atoms with E-state index in [4.69, 9.17) is 4.99 Å². The molecule has 5 heteroatoms. The number of aryl methyl sites for hydroxylation is 2. The van der Waals surface area contributed by atoms with E-state index in [1.807, 2.05) is 26.2 Å². The summed E-state index contributed by atoms with van der Waals surface area (Å²) in [5, 5.41) is 3.72. The number of benzene rings is 6. The summed E-state index contributed by atoms with van der Waals surface area (Å²) in [5.74, 6) is 0. The van der Waals surface area contributed by atoms with Crippen LogP contribution in [0.2, 0.25) is 0 Å². The maximum atomic E-state index is 12.6. The molecule has 5 nitrogen and oxygen atoms in total. The number of rotatable bonds is 6. The van der Waals surface area contributed by atoms with Gasteiger partial charge in [0.15, 0.2) is 0 Å². The Bertz CT molecular complexity index is 2400. The summed E-state index contributed by atoms with van der Waals surface area (Å²) < 4.78 is 3.39. The van der Waals surface area contributed by atoms with Gasteiger partial charge in [-0.25, -0.2) is 4.79 Å². The lowest BCUT2D eigenvalue weighted by molar-refractivity contribution is 0.664. The number of imidazole rings is 1. The molecule has 232 valence electrons. The SMILES string of the molecule is Cn1c(=O)n(C)c2cc(-c3cccc(C4=CC(c5ccc(-c6ccccc6)c(-c6ccccc6)c5)=NC(c5ccccc5)N4)c3)ccc21. The molecule has 2 heterocycles. The molecule has 1 aromatic heterocycles. The standard InChI is InChI=1S/C43H34N4O/c1-46-40-24-22-33(27-41(40)47(2)43(46)48)32-19-12-20-34(25-32)38-28-39(45-42(44-38)31-17-10-5-11-18-31)35-21-23-36(29-13-6-3-7-14-29)37(26-35)30-15-8-4-9-16-30/h3-28,42,44H,1-2H3. The molecule has 0 aliphatic carbocycles. The van der Waals surface area contributed by atoms with Crippen LogP contribution in [0.1, 0.15) is 22.9 Å². The first-order valence-corrected chi connectivity index (χ1v) is 16.2. The Morgan fingerprint density at radius 2 is 1.10 bits per heavy atom. The molecule has 1 N–H and O–H groups in total. The van der Waals surface area contributed by atoms with Crippen molar-refractivity contribution in [2.24, 2.45) is 19.1 Å². The van der Waals surface area contributed by atoms with Crippen LogP contribution in [0.4, 0.5) is 0 Å². The summed E-state index contributed by atoms with van der Waals surface area (Å²) in [6.07, 6.45) is 1.91. The van der Waals surface area contributed by atoms with Crippen molar-refractivity contribution in [2.45, 2.75) is 6.17 Å². The minimum Gasteiger partial charge on any atom is -0.360 e. The van der Waals surface area contributed by atoms with Crippen LogP contribution in [-0.2, 0) is 14.1 Å². The molecule has 1 atom stereocenters. The van der Waals surface area contributed by atoms with Crippen molar-refractivity contribution in [3.05, 3.63) is 185 Å². The minimum absolute atomic E-state index is 0.0292. The number of nitrogens with one attached hydrogen (secondary N) is 1. The van der Waals surface area contributed by atoms with Gasteiger partial charge in [0, 0.05) is 25.4 Å². The smallest absolute Gasteiger partial charge is 0.328 e. The van der Waals surface area contributed by atoms with E-state index in [0.29, 0.717) is 0 Å². The van der Waals surface area contributed by atoms with Gasteiger partial charge >= 0.3 is 5.69 Å². The second-order valence-corrected chi connectivity index (χ2v) is 12.2. The molecular weight excluding hydrogens is 589 g/mol. The van der Waals surface area contributed by atoms with E-state index in [9.17, 15) is 4.79 Å². The highest BCUT2D eigenvalue weighted by molar-refractivity contribution is 6.14. The van der Waals surface area contributed by atoms with Crippen LogP contribution in [0.3, 0.4) is 0 Å². The van der Waals surface area contributed by atoms with Crippen LogP contribution in [-0.4, -0.2) is 14.8 Å². The van der Waals surface area contributed by atoms with E-state index in [1.54, 1.807) is 9.13 Å². The highest BCUT2D eigenvalue weighted by atomic mass is 16.1. The number of allylic oxidation sites excluding steroid dienone is 1. The second-order valence-electron chi connectivity index (χ2n) is 12.2. The van der Waals surface area contributed by atoms with Gasteiger partial charge < -0.3 is 5.32 Å². The van der Waals surface area contributed by atoms with E-state index < -0.39 is 0 Å². The fourth-order valence-electron chi connectivity index (χ4n) is 6.63. The Balaban J connectivity index is 1.24. The summed E-state index contributed by atoms with van der Waals surface area (Å²) >= 11 is 0. The Morgan fingerprint density at radius 3 is 1.83 bits per heavy atom. The van der Waals surface area contributed by atoms with Gasteiger partial charge in [0.25, 0.3) is 0 Å². The number of fused-ring (bicyclic) bond motifs is 1. The summed E-state index contributed by atoms with van der Waals surface area (Å²) in [6.45, 7) is 0. The van der Waals surface area contributed by atoms with Gasteiger partial charge in [-0.1, -0.05) is 127 Å². The lowest BCUT2D eigenvalue weighted by Crippen LogP contribution is -2.24. The first kappa shape index (κ1) is 29.2. The fraction of sp³-hybridized carbons (Fsp3) is 0.0698. The van der Waals surface area contributed by atoms with Gasteiger partial charge in [-0.05, 0) is 74.8 Å². The normalized spacial score (nSPS) is 14.3. The third-order valence-electron chi connectivity index (χ3n) is 9.22. The number of aliphatic imine (C=N–C) groups is 1. The van der Waals surface area contributed by atoms with Crippen LogP contribution in [0.5, 0.6) is 0 Å². The predicted octanol–water partition coefficient (Wildman–Crippen LogP) is 9.01. The molecule has 6 aromatic carbocycles. The lowest BCUT2D eigenvalue weighted by atomic mass is 9.91. The highest BCUT2D eigenvalue weighted by Crippen LogP contribution is 2.35. The van der Waals surface area contributed by atoms with E-state index >= 15 is 0 Å². The van der Waals surface area contributed by atoms with Crippen molar-refractivity contribution in [1.82, 2.24) is 14.5 Å². The summed E-state index contributed by atoms with van der Waals surface area (Å²) in [6, 6.07) is 52.9. The van der Waals surface area contributed by atoms with Gasteiger partial charge in [0.2, 0.25) is 0 Å². The Hall–Kier alpha value is -6.20. The second kappa shape index (κ2) is 12.2. The molecule has 1 aliphatic heterocycles. The third kappa shape index (κ3) is 5.35. The zero-order chi connectivity index (χ0) is 32.6. The largest absolute Gasteiger partial charge is 0.360 e. The van der Waals surface area contributed by atoms with Crippen LogP contribution in [0.25, 0.3) is 50.1 Å². The average molecular weight is 623 g/mol. The number of nitrogens with zero attached hydrogens (tertiary/aromatic N) is 3. The van der Waals surface area contributed by atoms with Gasteiger partial charge in [0.1, 0.15) is 6.17 Å². The maximum Gasteiger partial charge on any atom is 0.328 e. The molecule has 0 saturated carbocycles. The molecular formula is C43H34N4O. The Labute approximate surface area is 279 Å². The van der Waals surface area contributed by atoms with E-state index in [-0.39, 0.29) is 11.9 Å². The van der Waals surface area contributed by atoms with Crippen LogP contribution in [0.15, 0.2) is 168 Å². The van der Waals surface area contributed by atoms with Crippen molar-refractivity contribution >= 4 is 22.4 Å². The minimum atomic E-state index is -0.256. The van der Waals surface area contributed by atoms with E-state index in [0.717, 1.165) is 55.8 Å². The molecule has 0 amide bonds. The quantitative estimate of drug-likeness (QED) is 0.201. The summed E-state index contributed by atoms with van der Waals surface area (Å²) in [4.78, 5) is 17.8. The molecule has 0 fully saturated rings. The Kier molecular flexibility index (Phi) is 7.42. The van der Waals surface area contributed by atoms with Gasteiger partial charge in [-0.15, -0.1) is 0 Å². The number of hydrogen-bond acceptors (Lipinski definition) is 3. The molecule has 1 aliphatic rings. The van der Waals surface area contributed by atoms with Crippen molar-refractivity contribution in [2.75, 3.05) is 0 Å². The van der Waals surface area contributed by atoms with E-state index in [2.05, 4.69) is 151 Å². The first-order valence-electron chi connectivity index (χ1n) is 16.2. The molecule has 8 rings (SSSR count). The topological polar surface area (TPSA) is 51.3 Å². The van der Waals surface area contributed by atoms with Crippen LogP contribution in [0, 0.1) is 0 Å². The van der Waals surface area contributed by atoms with Gasteiger partial charge in [-0.2, -0.15) is 0 Å². The monoisotopic (exact) mass is 622 g/mol. The third-order valence-corrected chi connectivity index (χ3v) is 9.22. The highest BCUT2D eigenvalue weighted by Gasteiger charge is 2.21.